The Kier molecular flexibility index (Phi) is 5.14. The lowest BCUT2D eigenvalue weighted by molar-refractivity contribution is -0.113. The summed E-state index contributed by atoms with van der Waals surface area (Å²) >= 11 is 6.06. The highest BCUT2D eigenvalue weighted by Gasteiger charge is 2.30. The normalized spacial score (nSPS) is 15.2. The Labute approximate surface area is 170 Å². The van der Waals surface area contributed by atoms with E-state index in [-0.39, 0.29) is 5.91 Å². The molecule has 0 saturated carbocycles. The second kappa shape index (κ2) is 7.87. The molecular formula is C25H20ClNO. The van der Waals surface area contributed by atoms with Gasteiger partial charge in [0.1, 0.15) is 0 Å². The monoisotopic (exact) mass is 385 g/mol. The zero-order valence-electron chi connectivity index (χ0n) is 15.6. The number of benzene rings is 3. The first kappa shape index (κ1) is 18.3. The summed E-state index contributed by atoms with van der Waals surface area (Å²) in [6.45, 7) is 2.12. The van der Waals surface area contributed by atoms with Crippen LogP contribution in [0.5, 0.6) is 0 Å². The number of rotatable bonds is 4. The Morgan fingerprint density at radius 3 is 2.21 bits per heavy atom. The molecule has 0 atom stereocenters. The summed E-state index contributed by atoms with van der Waals surface area (Å²) in [7, 11) is 0. The molecule has 0 aromatic heterocycles. The summed E-state index contributed by atoms with van der Waals surface area (Å²) in [5.41, 5.74) is 5.57. The summed E-state index contributed by atoms with van der Waals surface area (Å²) in [4.78, 5) is 15.1. The van der Waals surface area contributed by atoms with Crippen LogP contribution in [0.3, 0.4) is 0 Å². The van der Waals surface area contributed by atoms with Crippen molar-refractivity contribution in [3.05, 3.63) is 112 Å². The van der Waals surface area contributed by atoms with E-state index in [1.54, 1.807) is 4.90 Å². The third-order valence-electron chi connectivity index (χ3n) is 4.85. The summed E-state index contributed by atoms with van der Waals surface area (Å²) < 4.78 is 0. The van der Waals surface area contributed by atoms with E-state index in [0.717, 1.165) is 28.9 Å². The van der Waals surface area contributed by atoms with Crippen LogP contribution in [0.25, 0.3) is 11.8 Å². The fraction of sp³-hybridized carbons (Fsp3) is 0.0800. The number of nitrogens with zero attached hydrogens (tertiary/aromatic N) is 1. The van der Waals surface area contributed by atoms with Crippen LogP contribution in [0.4, 0.5) is 5.69 Å². The van der Waals surface area contributed by atoms with Gasteiger partial charge in [-0.25, -0.2) is 0 Å². The van der Waals surface area contributed by atoms with Gasteiger partial charge in [-0.3, -0.25) is 9.69 Å². The van der Waals surface area contributed by atoms with Gasteiger partial charge in [-0.15, -0.1) is 0 Å². The average molecular weight is 386 g/mol. The third-order valence-corrected chi connectivity index (χ3v) is 5.10. The lowest BCUT2D eigenvalue weighted by Gasteiger charge is -2.21. The van der Waals surface area contributed by atoms with Crippen LogP contribution in [0.1, 0.15) is 23.6 Å². The number of amides is 1. The number of hydrogen-bond donors (Lipinski definition) is 0. The van der Waals surface area contributed by atoms with E-state index >= 15 is 0 Å². The Hall–Kier alpha value is -3.10. The Morgan fingerprint density at radius 2 is 1.57 bits per heavy atom. The highest BCUT2D eigenvalue weighted by atomic mass is 35.5. The van der Waals surface area contributed by atoms with Crippen LogP contribution < -0.4 is 4.90 Å². The molecule has 3 aromatic carbocycles. The molecule has 1 aliphatic rings. The molecule has 3 heteroatoms. The molecule has 4 rings (SSSR count). The maximum absolute atomic E-state index is 13.3. The minimum atomic E-state index is -0.0296. The molecule has 0 spiro atoms. The van der Waals surface area contributed by atoms with Crippen LogP contribution in [0, 0.1) is 0 Å². The van der Waals surface area contributed by atoms with Gasteiger partial charge in [-0.05, 0) is 59.5 Å². The number of hydrogen-bond acceptors (Lipinski definition) is 1. The zero-order chi connectivity index (χ0) is 19.5. The van der Waals surface area contributed by atoms with Crippen LogP contribution >= 0.6 is 11.6 Å². The maximum Gasteiger partial charge on any atom is 0.262 e. The van der Waals surface area contributed by atoms with E-state index < -0.39 is 0 Å². The van der Waals surface area contributed by atoms with Gasteiger partial charge in [-0.2, -0.15) is 0 Å². The Morgan fingerprint density at radius 1 is 0.893 bits per heavy atom. The molecule has 0 aliphatic carbocycles. The Bertz CT molecular complexity index is 1050. The molecule has 138 valence electrons. The van der Waals surface area contributed by atoms with Crippen molar-refractivity contribution in [1.29, 1.82) is 0 Å². The minimum absolute atomic E-state index is 0.0296. The van der Waals surface area contributed by atoms with Crippen molar-refractivity contribution in [1.82, 2.24) is 0 Å². The predicted octanol–water partition coefficient (Wildman–Crippen LogP) is 6.37. The summed E-state index contributed by atoms with van der Waals surface area (Å²) in [5, 5.41) is 0.674. The van der Waals surface area contributed by atoms with E-state index in [1.807, 2.05) is 78.9 Å². The fourth-order valence-electron chi connectivity index (χ4n) is 3.31. The molecule has 0 unspecified atom stereocenters. The molecule has 0 saturated heterocycles. The average Bonchev–Trinajstić information content (AvgIpc) is 3.05. The summed E-state index contributed by atoms with van der Waals surface area (Å²) in [5.74, 6) is -0.0296. The van der Waals surface area contributed by atoms with Gasteiger partial charge < -0.3 is 0 Å². The van der Waals surface area contributed by atoms with Crippen molar-refractivity contribution in [3.63, 3.8) is 0 Å². The number of halogens is 1. The maximum atomic E-state index is 13.3. The number of anilines is 1. The van der Waals surface area contributed by atoms with Crippen LogP contribution in [-0.4, -0.2) is 5.91 Å². The molecule has 0 bridgehead atoms. The minimum Gasteiger partial charge on any atom is -0.276 e. The van der Waals surface area contributed by atoms with Crippen molar-refractivity contribution in [2.24, 2.45) is 0 Å². The molecule has 1 heterocycles. The third kappa shape index (κ3) is 3.64. The number of aryl methyl sites for hydroxylation is 1. The van der Waals surface area contributed by atoms with Crippen molar-refractivity contribution in [2.45, 2.75) is 13.3 Å². The van der Waals surface area contributed by atoms with Crippen molar-refractivity contribution in [2.75, 3.05) is 4.90 Å². The summed E-state index contributed by atoms with van der Waals surface area (Å²) in [6, 6.07) is 25.6. The quantitative estimate of drug-likeness (QED) is 0.477. The molecule has 28 heavy (non-hydrogen) atoms. The highest BCUT2D eigenvalue weighted by Crippen LogP contribution is 2.35. The van der Waals surface area contributed by atoms with Crippen molar-refractivity contribution in [3.8, 4) is 0 Å². The first-order valence-corrected chi connectivity index (χ1v) is 9.71. The number of carbonyl (C=O) groups is 1. The van der Waals surface area contributed by atoms with Crippen LogP contribution in [-0.2, 0) is 11.2 Å². The van der Waals surface area contributed by atoms with Gasteiger partial charge in [0.15, 0.2) is 0 Å². The van der Waals surface area contributed by atoms with E-state index in [1.165, 1.54) is 5.56 Å². The van der Waals surface area contributed by atoms with Gasteiger partial charge >= 0.3 is 0 Å². The van der Waals surface area contributed by atoms with Gasteiger partial charge in [0.05, 0.1) is 5.70 Å². The molecule has 1 aliphatic heterocycles. The second-order valence-corrected chi connectivity index (χ2v) is 7.14. The van der Waals surface area contributed by atoms with E-state index in [9.17, 15) is 4.79 Å². The zero-order valence-corrected chi connectivity index (χ0v) is 16.4. The molecule has 1 amide bonds. The molecule has 2 nitrogen and oxygen atoms in total. The predicted molar refractivity (Wildman–Crippen MR) is 117 cm³/mol. The lowest BCUT2D eigenvalue weighted by atomic mass is 10.1. The Balaban J connectivity index is 1.80. The summed E-state index contributed by atoms with van der Waals surface area (Å²) in [6.07, 6.45) is 4.85. The van der Waals surface area contributed by atoms with Gasteiger partial charge in [-0.1, -0.05) is 73.1 Å². The molecule has 0 fully saturated rings. The van der Waals surface area contributed by atoms with Crippen LogP contribution in [0.2, 0.25) is 5.02 Å². The highest BCUT2D eigenvalue weighted by molar-refractivity contribution is 6.30. The first-order valence-electron chi connectivity index (χ1n) is 9.33. The van der Waals surface area contributed by atoms with Crippen LogP contribution in [0.15, 0.2) is 90.5 Å². The first-order chi connectivity index (χ1) is 13.7. The van der Waals surface area contributed by atoms with Crippen molar-refractivity contribution >= 4 is 35.0 Å². The van der Waals surface area contributed by atoms with Gasteiger partial charge in [0.25, 0.3) is 5.91 Å². The number of carbonyl (C=O) groups excluding carboxylic acids is 1. The molecular weight excluding hydrogens is 366 g/mol. The lowest BCUT2D eigenvalue weighted by Crippen LogP contribution is -2.24. The second-order valence-electron chi connectivity index (χ2n) is 6.71. The largest absolute Gasteiger partial charge is 0.276 e. The van der Waals surface area contributed by atoms with Gasteiger partial charge in [0, 0.05) is 16.3 Å². The van der Waals surface area contributed by atoms with E-state index in [0.29, 0.717) is 10.6 Å². The van der Waals surface area contributed by atoms with Gasteiger partial charge in [0.2, 0.25) is 0 Å². The topological polar surface area (TPSA) is 20.3 Å². The standard InChI is InChI=1S/C25H20ClNO/c1-2-18-8-14-23(15-9-18)27-24(20-10-12-22(26)13-11-20)17-21(25(27)28)16-19-6-4-3-5-7-19/h3-17H,2H2,1H3/b21-16+. The molecule has 3 aromatic rings. The van der Waals surface area contributed by atoms with E-state index in [2.05, 4.69) is 19.1 Å². The molecule has 0 N–H and O–H groups in total. The van der Waals surface area contributed by atoms with E-state index in [4.69, 9.17) is 11.6 Å². The fourth-order valence-corrected chi connectivity index (χ4v) is 3.44. The van der Waals surface area contributed by atoms with Crippen molar-refractivity contribution < 1.29 is 4.79 Å². The molecule has 0 radical (unpaired) electrons. The SMILES string of the molecule is CCc1ccc(N2C(=O)/C(=C/c3ccccc3)C=C2c2ccc(Cl)cc2)cc1. The smallest absolute Gasteiger partial charge is 0.262 e.